The van der Waals surface area contributed by atoms with Gasteiger partial charge in [-0.05, 0) is 31.5 Å². The molecule has 102 valence electrons. The molecular formula is C15H24ClNO. The van der Waals surface area contributed by atoms with E-state index in [4.69, 9.17) is 22.1 Å². The first-order valence-electron chi connectivity index (χ1n) is 6.81. The van der Waals surface area contributed by atoms with Crippen LogP contribution < -0.4 is 10.5 Å². The standard InChI is InChI=1S/C15H24ClNO/c1-3-4-5-6-10-15(17)12(2)18-14-9-7-8-13(16)11-14/h7-9,11-12,15H,3-6,10,17H2,1-2H3. The minimum absolute atomic E-state index is 0.0186. The van der Waals surface area contributed by atoms with Gasteiger partial charge in [0.05, 0.1) is 0 Å². The predicted molar refractivity (Wildman–Crippen MR) is 78.3 cm³/mol. The third-order valence-electron chi connectivity index (χ3n) is 3.11. The fourth-order valence-electron chi connectivity index (χ4n) is 1.88. The van der Waals surface area contributed by atoms with E-state index in [2.05, 4.69) is 6.92 Å². The second-order valence-corrected chi connectivity index (χ2v) is 5.23. The number of benzene rings is 1. The second-order valence-electron chi connectivity index (χ2n) is 4.79. The highest BCUT2D eigenvalue weighted by Crippen LogP contribution is 2.19. The third-order valence-corrected chi connectivity index (χ3v) is 3.35. The van der Waals surface area contributed by atoms with E-state index in [1.807, 2.05) is 31.2 Å². The van der Waals surface area contributed by atoms with Crippen LogP contribution >= 0.6 is 11.6 Å². The Labute approximate surface area is 115 Å². The third kappa shape index (κ3) is 5.74. The first-order valence-corrected chi connectivity index (χ1v) is 7.19. The summed E-state index contributed by atoms with van der Waals surface area (Å²) in [7, 11) is 0. The van der Waals surface area contributed by atoms with Gasteiger partial charge in [0.15, 0.2) is 0 Å². The van der Waals surface area contributed by atoms with Gasteiger partial charge < -0.3 is 10.5 Å². The topological polar surface area (TPSA) is 35.2 Å². The molecule has 0 amide bonds. The lowest BCUT2D eigenvalue weighted by atomic mass is 10.0. The number of hydrogen-bond acceptors (Lipinski definition) is 2. The number of halogens is 1. The van der Waals surface area contributed by atoms with Gasteiger partial charge in [0.2, 0.25) is 0 Å². The maximum atomic E-state index is 6.13. The Morgan fingerprint density at radius 1 is 1.28 bits per heavy atom. The van der Waals surface area contributed by atoms with Crippen molar-refractivity contribution in [3.05, 3.63) is 29.3 Å². The van der Waals surface area contributed by atoms with Crippen LogP contribution in [0.3, 0.4) is 0 Å². The highest BCUT2D eigenvalue weighted by Gasteiger charge is 2.14. The van der Waals surface area contributed by atoms with Crippen molar-refractivity contribution < 1.29 is 4.74 Å². The molecule has 0 fully saturated rings. The van der Waals surface area contributed by atoms with E-state index < -0.39 is 0 Å². The molecule has 1 rings (SSSR count). The van der Waals surface area contributed by atoms with Gasteiger partial charge in [0.25, 0.3) is 0 Å². The summed E-state index contributed by atoms with van der Waals surface area (Å²) in [5.74, 6) is 0.791. The van der Waals surface area contributed by atoms with Gasteiger partial charge in [-0.15, -0.1) is 0 Å². The van der Waals surface area contributed by atoms with E-state index in [1.54, 1.807) is 0 Å². The average molecular weight is 270 g/mol. The average Bonchev–Trinajstić information content (AvgIpc) is 2.34. The zero-order chi connectivity index (χ0) is 13.4. The van der Waals surface area contributed by atoms with Crippen molar-refractivity contribution in [3.63, 3.8) is 0 Å². The Morgan fingerprint density at radius 3 is 2.72 bits per heavy atom. The van der Waals surface area contributed by atoms with E-state index in [-0.39, 0.29) is 12.1 Å². The Balaban J connectivity index is 2.33. The van der Waals surface area contributed by atoms with Crippen molar-refractivity contribution in [2.45, 2.75) is 58.1 Å². The van der Waals surface area contributed by atoms with Crippen molar-refractivity contribution in [1.82, 2.24) is 0 Å². The SMILES string of the molecule is CCCCCCC(N)C(C)Oc1cccc(Cl)c1. The minimum atomic E-state index is 0.0186. The lowest BCUT2D eigenvalue weighted by Gasteiger charge is -2.21. The van der Waals surface area contributed by atoms with Gasteiger partial charge in [-0.25, -0.2) is 0 Å². The summed E-state index contributed by atoms with van der Waals surface area (Å²) in [5, 5.41) is 0.691. The fraction of sp³-hybridized carbons (Fsp3) is 0.600. The molecule has 2 nitrogen and oxygen atoms in total. The first-order chi connectivity index (χ1) is 8.63. The zero-order valence-corrected chi connectivity index (χ0v) is 12.1. The van der Waals surface area contributed by atoms with E-state index in [1.165, 1.54) is 25.7 Å². The number of rotatable bonds is 8. The van der Waals surface area contributed by atoms with Crippen LogP contribution in [0.2, 0.25) is 5.02 Å². The van der Waals surface area contributed by atoms with Crippen LogP contribution in [-0.4, -0.2) is 12.1 Å². The molecule has 2 atom stereocenters. The zero-order valence-electron chi connectivity index (χ0n) is 11.4. The summed E-state index contributed by atoms with van der Waals surface area (Å²) in [5.41, 5.74) is 6.13. The molecule has 0 aliphatic rings. The number of unbranched alkanes of at least 4 members (excludes halogenated alkanes) is 3. The molecule has 0 saturated heterocycles. The van der Waals surface area contributed by atoms with Crippen LogP contribution in [0.5, 0.6) is 5.75 Å². The van der Waals surface area contributed by atoms with Crippen LogP contribution in [0, 0.1) is 0 Å². The molecule has 18 heavy (non-hydrogen) atoms. The second kappa shape index (κ2) is 8.39. The van der Waals surface area contributed by atoms with Crippen molar-refractivity contribution in [1.29, 1.82) is 0 Å². The van der Waals surface area contributed by atoms with Gasteiger partial charge in [-0.1, -0.05) is 50.3 Å². The molecule has 1 aromatic rings. The van der Waals surface area contributed by atoms with Crippen LogP contribution in [0.1, 0.15) is 46.0 Å². The molecule has 0 aliphatic carbocycles. The largest absolute Gasteiger partial charge is 0.489 e. The molecule has 0 radical (unpaired) electrons. The molecule has 0 spiro atoms. The van der Waals surface area contributed by atoms with Gasteiger partial charge >= 0.3 is 0 Å². The Morgan fingerprint density at radius 2 is 2.06 bits per heavy atom. The highest BCUT2D eigenvalue weighted by atomic mass is 35.5. The van der Waals surface area contributed by atoms with Crippen LogP contribution in [0.25, 0.3) is 0 Å². The quantitative estimate of drug-likeness (QED) is 0.710. The van der Waals surface area contributed by atoms with Crippen LogP contribution in [0.15, 0.2) is 24.3 Å². The smallest absolute Gasteiger partial charge is 0.121 e. The summed E-state index contributed by atoms with van der Waals surface area (Å²) in [6.45, 7) is 4.23. The highest BCUT2D eigenvalue weighted by molar-refractivity contribution is 6.30. The molecule has 2 unspecified atom stereocenters. The van der Waals surface area contributed by atoms with Gasteiger partial charge in [-0.2, -0.15) is 0 Å². The van der Waals surface area contributed by atoms with Crippen molar-refractivity contribution in [3.8, 4) is 5.75 Å². The Kier molecular flexibility index (Phi) is 7.14. The predicted octanol–water partition coefficient (Wildman–Crippen LogP) is 4.41. The van der Waals surface area contributed by atoms with Gasteiger partial charge in [0.1, 0.15) is 11.9 Å². The van der Waals surface area contributed by atoms with Crippen LogP contribution in [0.4, 0.5) is 0 Å². The van der Waals surface area contributed by atoms with Gasteiger partial charge in [-0.3, -0.25) is 0 Å². The molecule has 1 aromatic carbocycles. The maximum Gasteiger partial charge on any atom is 0.121 e. The Hall–Kier alpha value is -0.730. The summed E-state index contributed by atoms with van der Waals surface area (Å²) in [6, 6.07) is 7.54. The molecular weight excluding hydrogens is 246 g/mol. The van der Waals surface area contributed by atoms with Crippen molar-refractivity contribution >= 4 is 11.6 Å². The lowest BCUT2D eigenvalue weighted by molar-refractivity contribution is 0.183. The molecule has 0 aromatic heterocycles. The number of nitrogens with two attached hydrogens (primary N) is 1. The number of hydrogen-bond donors (Lipinski definition) is 1. The monoisotopic (exact) mass is 269 g/mol. The summed E-state index contributed by atoms with van der Waals surface area (Å²) >= 11 is 5.91. The molecule has 0 aliphatic heterocycles. The number of ether oxygens (including phenoxy) is 1. The van der Waals surface area contributed by atoms with Crippen molar-refractivity contribution in [2.75, 3.05) is 0 Å². The fourth-order valence-corrected chi connectivity index (χ4v) is 2.06. The lowest BCUT2D eigenvalue weighted by Crippen LogP contribution is -2.36. The van der Waals surface area contributed by atoms with E-state index in [0.29, 0.717) is 5.02 Å². The van der Waals surface area contributed by atoms with Crippen molar-refractivity contribution in [2.24, 2.45) is 5.73 Å². The van der Waals surface area contributed by atoms with Crippen LogP contribution in [-0.2, 0) is 0 Å². The van der Waals surface area contributed by atoms with Gasteiger partial charge in [0, 0.05) is 11.1 Å². The molecule has 2 N–H and O–H groups in total. The Bertz CT molecular complexity index is 343. The van der Waals surface area contributed by atoms with E-state index >= 15 is 0 Å². The summed E-state index contributed by atoms with van der Waals surface area (Å²) < 4.78 is 5.80. The molecule has 0 saturated carbocycles. The summed E-state index contributed by atoms with van der Waals surface area (Å²) in [6.07, 6.45) is 6.01. The maximum absolute atomic E-state index is 6.13. The van der Waals surface area contributed by atoms with E-state index in [9.17, 15) is 0 Å². The minimum Gasteiger partial charge on any atom is -0.489 e. The normalized spacial score (nSPS) is 14.2. The molecule has 0 bridgehead atoms. The molecule has 0 heterocycles. The summed E-state index contributed by atoms with van der Waals surface area (Å²) in [4.78, 5) is 0. The molecule has 3 heteroatoms. The van der Waals surface area contributed by atoms with E-state index in [0.717, 1.165) is 12.2 Å². The first kappa shape index (κ1) is 15.3.